The van der Waals surface area contributed by atoms with Gasteiger partial charge in [-0.05, 0) is 33.6 Å². The number of aliphatic carboxylic acids is 1. The van der Waals surface area contributed by atoms with E-state index in [1.807, 2.05) is 0 Å². The summed E-state index contributed by atoms with van der Waals surface area (Å²) in [6.07, 6.45) is 2.67. The molecule has 1 N–H and O–H groups in total. The minimum Gasteiger partial charge on any atom is -0.479 e. The molecular formula is C12H19NO4. The number of carbonyl (C=O) groups excluding carboxylic acids is 1. The first-order chi connectivity index (χ1) is 7.79. The predicted molar refractivity (Wildman–Crippen MR) is 60.7 cm³/mol. The monoisotopic (exact) mass is 241 g/mol. The highest BCUT2D eigenvalue weighted by Crippen LogP contribution is 2.51. The summed E-state index contributed by atoms with van der Waals surface area (Å²) in [4.78, 5) is 24.7. The van der Waals surface area contributed by atoms with Crippen molar-refractivity contribution in [3.05, 3.63) is 0 Å². The molecular weight excluding hydrogens is 222 g/mol. The first-order valence-corrected chi connectivity index (χ1v) is 6.05. The van der Waals surface area contributed by atoms with E-state index >= 15 is 0 Å². The van der Waals surface area contributed by atoms with Crippen molar-refractivity contribution in [2.45, 2.75) is 63.6 Å². The normalized spacial score (nSPS) is 31.7. The van der Waals surface area contributed by atoms with Gasteiger partial charge in [-0.3, -0.25) is 4.90 Å². The molecule has 1 saturated carbocycles. The standard InChI is InChI=1S/C12H19NO4/c1-11(2,3)17-10(16)13-8-6-4-5-7-12(8,13)9(14)15/h8H,4-7H2,1-3H3,(H,14,15). The number of carbonyl (C=O) groups is 2. The van der Waals surface area contributed by atoms with Gasteiger partial charge in [0, 0.05) is 0 Å². The van der Waals surface area contributed by atoms with Gasteiger partial charge in [-0.2, -0.15) is 0 Å². The molecule has 96 valence electrons. The minimum atomic E-state index is -0.972. The Labute approximate surface area is 101 Å². The number of ether oxygens (including phenoxy) is 1. The quantitative estimate of drug-likeness (QED) is 0.713. The Balaban J connectivity index is 2.13. The third-order valence-electron chi connectivity index (χ3n) is 3.47. The highest BCUT2D eigenvalue weighted by Gasteiger charge is 2.71. The molecule has 0 spiro atoms. The zero-order valence-corrected chi connectivity index (χ0v) is 10.5. The van der Waals surface area contributed by atoms with Crippen molar-refractivity contribution >= 4 is 12.1 Å². The third kappa shape index (κ3) is 1.87. The number of carboxylic acid groups (broad SMARTS) is 1. The van der Waals surface area contributed by atoms with Crippen LogP contribution in [0, 0.1) is 0 Å². The van der Waals surface area contributed by atoms with Gasteiger partial charge in [0.1, 0.15) is 5.60 Å². The number of carboxylic acids is 1. The maximum Gasteiger partial charge on any atom is 0.411 e. The first kappa shape index (κ1) is 12.2. The van der Waals surface area contributed by atoms with Crippen LogP contribution in [0.25, 0.3) is 0 Å². The van der Waals surface area contributed by atoms with Gasteiger partial charge in [-0.15, -0.1) is 0 Å². The van der Waals surface area contributed by atoms with E-state index in [4.69, 9.17) is 4.74 Å². The van der Waals surface area contributed by atoms with Gasteiger partial charge in [0.2, 0.25) is 0 Å². The molecule has 2 rings (SSSR count). The highest BCUT2D eigenvalue weighted by atomic mass is 16.6. The van der Waals surface area contributed by atoms with Crippen molar-refractivity contribution < 1.29 is 19.4 Å². The molecule has 1 aliphatic heterocycles. The molecule has 1 aliphatic carbocycles. The van der Waals surface area contributed by atoms with Crippen LogP contribution in [-0.4, -0.2) is 39.3 Å². The van der Waals surface area contributed by atoms with E-state index < -0.39 is 23.2 Å². The summed E-state index contributed by atoms with van der Waals surface area (Å²) in [6, 6.07) is -0.163. The molecule has 0 bridgehead atoms. The molecule has 0 aromatic rings. The van der Waals surface area contributed by atoms with Crippen molar-refractivity contribution in [2.75, 3.05) is 0 Å². The maximum atomic E-state index is 11.9. The molecule has 5 nitrogen and oxygen atoms in total. The Bertz CT molecular complexity index is 360. The summed E-state index contributed by atoms with van der Waals surface area (Å²) in [5.41, 5.74) is -1.55. The zero-order chi connectivity index (χ0) is 12.8. The molecule has 0 aromatic heterocycles. The second kappa shape index (κ2) is 3.62. The van der Waals surface area contributed by atoms with Crippen LogP contribution in [-0.2, 0) is 9.53 Å². The van der Waals surface area contributed by atoms with Crippen molar-refractivity contribution in [1.29, 1.82) is 0 Å². The van der Waals surface area contributed by atoms with Crippen LogP contribution in [0.5, 0.6) is 0 Å². The average Bonchev–Trinajstić information content (AvgIpc) is 2.84. The lowest BCUT2D eigenvalue weighted by Gasteiger charge is -2.21. The Morgan fingerprint density at radius 3 is 2.47 bits per heavy atom. The van der Waals surface area contributed by atoms with Crippen LogP contribution in [0.1, 0.15) is 46.5 Å². The number of rotatable bonds is 1. The minimum absolute atomic E-state index is 0.163. The van der Waals surface area contributed by atoms with Crippen LogP contribution < -0.4 is 0 Å². The largest absolute Gasteiger partial charge is 0.479 e. The topological polar surface area (TPSA) is 66.6 Å². The second-order valence-electron chi connectivity index (χ2n) is 5.84. The van der Waals surface area contributed by atoms with Crippen LogP contribution in [0.2, 0.25) is 0 Å². The van der Waals surface area contributed by atoms with E-state index in [0.717, 1.165) is 19.3 Å². The fraction of sp³-hybridized carbons (Fsp3) is 0.833. The molecule has 1 saturated heterocycles. The summed E-state index contributed by atoms with van der Waals surface area (Å²) < 4.78 is 5.25. The fourth-order valence-electron chi connectivity index (χ4n) is 2.73. The zero-order valence-electron chi connectivity index (χ0n) is 10.5. The van der Waals surface area contributed by atoms with Crippen molar-refractivity contribution in [2.24, 2.45) is 0 Å². The van der Waals surface area contributed by atoms with Gasteiger partial charge in [0.25, 0.3) is 0 Å². The van der Waals surface area contributed by atoms with Gasteiger partial charge in [0.15, 0.2) is 5.54 Å². The van der Waals surface area contributed by atoms with Crippen LogP contribution in [0.15, 0.2) is 0 Å². The SMILES string of the molecule is CC(C)(C)OC(=O)N1C2CCCCC21C(=O)O. The summed E-state index contributed by atoms with van der Waals surface area (Å²) in [7, 11) is 0. The summed E-state index contributed by atoms with van der Waals surface area (Å²) in [6.45, 7) is 5.35. The van der Waals surface area contributed by atoms with E-state index in [2.05, 4.69) is 0 Å². The van der Waals surface area contributed by atoms with Gasteiger partial charge in [-0.25, -0.2) is 9.59 Å². The van der Waals surface area contributed by atoms with Gasteiger partial charge in [-0.1, -0.05) is 12.8 Å². The Morgan fingerprint density at radius 1 is 1.35 bits per heavy atom. The lowest BCUT2D eigenvalue weighted by molar-refractivity contribution is -0.141. The van der Waals surface area contributed by atoms with Crippen LogP contribution in [0.3, 0.4) is 0 Å². The number of amides is 1. The second-order valence-corrected chi connectivity index (χ2v) is 5.84. The van der Waals surface area contributed by atoms with Gasteiger partial charge >= 0.3 is 12.1 Å². The van der Waals surface area contributed by atoms with Crippen LogP contribution >= 0.6 is 0 Å². The Kier molecular flexibility index (Phi) is 2.60. The molecule has 2 unspecified atom stereocenters. The average molecular weight is 241 g/mol. The van der Waals surface area contributed by atoms with E-state index in [1.165, 1.54) is 4.90 Å². The molecule has 0 radical (unpaired) electrons. The molecule has 5 heteroatoms. The van der Waals surface area contributed by atoms with E-state index in [-0.39, 0.29) is 6.04 Å². The molecule has 1 amide bonds. The number of hydrogen-bond acceptors (Lipinski definition) is 3. The van der Waals surface area contributed by atoms with Crippen LogP contribution in [0.4, 0.5) is 4.79 Å². The van der Waals surface area contributed by atoms with Crippen molar-refractivity contribution in [3.63, 3.8) is 0 Å². The fourth-order valence-corrected chi connectivity index (χ4v) is 2.73. The first-order valence-electron chi connectivity index (χ1n) is 6.05. The van der Waals surface area contributed by atoms with Gasteiger partial charge in [0.05, 0.1) is 6.04 Å². The molecule has 2 atom stereocenters. The molecule has 0 aromatic carbocycles. The van der Waals surface area contributed by atoms with E-state index in [1.54, 1.807) is 20.8 Å². The Hall–Kier alpha value is -1.26. The molecule has 1 heterocycles. The third-order valence-corrected chi connectivity index (χ3v) is 3.47. The molecule has 17 heavy (non-hydrogen) atoms. The number of hydrogen-bond donors (Lipinski definition) is 1. The van der Waals surface area contributed by atoms with Crippen molar-refractivity contribution in [1.82, 2.24) is 4.90 Å². The highest BCUT2D eigenvalue weighted by molar-refractivity contribution is 5.92. The summed E-state index contributed by atoms with van der Waals surface area (Å²) in [5, 5.41) is 9.31. The smallest absolute Gasteiger partial charge is 0.411 e. The number of nitrogens with zero attached hydrogens (tertiary/aromatic N) is 1. The molecule has 2 aliphatic rings. The number of likely N-dealkylation sites (tertiary alicyclic amines) is 1. The Morgan fingerprint density at radius 2 is 2.00 bits per heavy atom. The van der Waals surface area contributed by atoms with E-state index in [9.17, 15) is 14.7 Å². The molecule has 2 fully saturated rings. The number of fused-ring (bicyclic) bond motifs is 1. The van der Waals surface area contributed by atoms with Gasteiger partial charge < -0.3 is 9.84 Å². The predicted octanol–water partition coefficient (Wildman–Crippen LogP) is 2.00. The van der Waals surface area contributed by atoms with E-state index in [0.29, 0.717) is 6.42 Å². The summed E-state index contributed by atoms with van der Waals surface area (Å²) >= 11 is 0. The maximum absolute atomic E-state index is 11.9. The summed E-state index contributed by atoms with van der Waals surface area (Å²) in [5.74, 6) is -0.895. The van der Waals surface area contributed by atoms with Crippen molar-refractivity contribution in [3.8, 4) is 0 Å². The lowest BCUT2D eigenvalue weighted by Crippen LogP contribution is -2.36. The lowest BCUT2D eigenvalue weighted by atomic mass is 9.89.